The highest BCUT2D eigenvalue weighted by molar-refractivity contribution is 6.10. The highest BCUT2D eigenvalue weighted by Gasteiger charge is 2.17. The first kappa shape index (κ1) is 17.9. The molecule has 28 heavy (non-hydrogen) atoms. The largest absolute Gasteiger partial charge is 0.490 e. The van der Waals surface area contributed by atoms with E-state index >= 15 is 0 Å². The number of nitriles is 1. The molecule has 4 aromatic rings. The molecule has 0 spiro atoms. The fourth-order valence-electron chi connectivity index (χ4n) is 3.24. The van der Waals surface area contributed by atoms with Crippen LogP contribution < -0.4 is 4.74 Å². The lowest BCUT2D eigenvalue weighted by Gasteiger charge is -2.12. The van der Waals surface area contributed by atoms with Gasteiger partial charge in [-0.3, -0.25) is 4.68 Å². The summed E-state index contributed by atoms with van der Waals surface area (Å²) < 4.78 is 7.79. The number of ether oxygens (including phenoxy) is 1. The summed E-state index contributed by atoms with van der Waals surface area (Å²) in [5.74, 6) is 0.509. The molecule has 0 saturated carbocycles. The molecular weight excluding hydrogens is 354 g/mol. The Morgan fingerprint density at radius 1 is 1.21 bits per heavy atom. The number of aromatic amines is 1. The summed E-state index contributed by atoms with van der Waals surface area (Å²) in [7, 11) is 5.92. The Bertz CT molecular complexity index is 1180. The second kappa shape index (κ2) is 7.29. The smallest absolute Gasteiger partial charge is 0.183 e. The molecule has 142 valence electrons. The first-order chi connectivity index (χ1) is 13.6. The van der Waals surface area contributed by atoms with E-state index in [9.17, 15) is 5.26 Å². The van der Waals surface area contributed by atoms with Crippen LogP contribution in [0.3, 0.4) is 0 Å². The van der Waals surface area contributed by atoms with E-state index < -0.39 is 0 Å². The van der Waals surface area contributed by atoms with Crippen LogP contribution in [0, 0.1) is 11.3 Å². The van der Waals surface area contributed by atoms with Crippen molar-refractivity contribution in [1.29, 1.82) is 5.26 Å². The van der Waals surface area contributed by atoms with E-state index in [-0.39, 0.29) is 5.69 Å². The van der Waals surface area contributed by atoms with Crippen LogP contribution in [-0.4, -0.2) is 56.9 Å². The minimum absolute atomic E-state index is 0.282. The second-order valence-electron chi connectivity index (χ2n) is 6.99. The first-order valence-electron chi connectivity index (χ1n) is 9.04. The van der Waals surface area contributed by atoms with Gasteiger partial charge in [-0.25, -0.2) is 9.97 Å². The van der Waals surface area contributed by atoms with Crippen molar-refractivity contribution in [2.24, 2.45) is 7.05 Å². The van der Waals surface area contributed by atoms with Crippen LogP contribution in [0.25, 0.3) is 33.1 Å². The quantitative estimate of drug-likeness (QED) is 0.521. The van der Waals surface area contributed by atoms with Crippen molar-refractivity contribution in [2.75, 3.05) is 27.2 Å². The lowest BCUT2D eigenvalue weighted by Crippen LogP contribution is -2.15. The molecule has 0 saturated heterocycles. The third kappa shape index (κ3) is 3.28. The van der Waals surface area contributed by atoms with Crippen LogP contribution in [0.15, 0.2) is 30.9 Å². The number of hydrogen-bond donors (Lipinski definition) is 1. The number of nitrogens with one attached hydrogen (secondary N) is 1. The van der Waals surface area contributed by atoms with E-state index in [0.717, 1.165) is 46.0 Å². The van der Waals surface area contributed by atoms with Gasteiger partial charge in [-0.15, -0.1) is 0 Å². The van der Waals surface area contributed by atoms with Crippen LogP contribution in [0.1, 0.15) is 12.1 Å². The van der Waals surface area contributed by atoms with Crippen LogP contribution in [0.4, 0.5) is 0 Å². The minimum atomic E-state index is 0.282. The molecule has 0 aromatic carbocycles. The Labute approximate surface area is 162 Å². The number of hydrogen-bond acceptors (Lipinski definition) is 6. The van der Waals surface area contributed by atoms with Gasteiger partial charge in [-0.2, -0.15) is 10.4 Å². The molecule has 8 nitrogen and oxygen atoms in total. The average Bonchev–Trinajstić information content (AvgIpc) is 3.27. The zero-order chi connectivity index (χ0) is 19.7. The van der Waals surface area contributed by atoms with Crippen molar-refractivity contribution < 1.29 is 4.74 Å². The maximum atomic E-state index is 9.53. The average molecular weight is 375 g/mol. The van der Waals surface area contributed by atoms with Crippen LogP contribution in [0.5, 0.6) is 5.75 Å². The van der Waals surface area contributed by atoms with Gasteiger partial charge < -0.3 is 14.6 Å². The normalized spacial score (nSPS) is 11.4. The summed E-state index contributed by atoms with van der Waals surface area (Å²) in [5, 5.41) is 15.5. The zero-order valence-corrected chi connectivity index (χ0v) is 16.1. The van der Waals surface area contributed by atoms with E-state index in [4.69, 9.17) is 4.74 Å². The number of aryl methyl sites for hydroxylation is 1. The van der Waals surface area contributed by atoms with Crippen molar-refractivity contribution in [1.82, 2.24) is 29.6 Å². The Morgan fingerprint density at radius 2 is 2.07 bits per heavy atom. The Hall–Kier alpha value is -3.44. The predicted molar refractivity (Wildman–Crippen MR) is 107 cm³/mol. The van der Waals surface area contributed by atoms with Gasteiger partial charge in [0.25, 0.3) is 0 Å². The van der Waals surface area contributed by atoms with Gasteiger partial charge in [0.1, 0.15) is 11.7 Å². The number of fused-ring (bicyclic) bond motifs is 3. The van der Waals surface area contributed by atoms with Gasteiger partial charge in [-0.1, -0.05) is 0 Å². The molecule has 0 atom stereocenters. The maximum absolute atomic E-state index is 9.53. The molecular formula is C20H21N7O. The highest BCUT2D eigenvalue weighted by Crippen LogP contribution is 2.35. The first-order valence-corrected chi connectivity index (χ1v) is 9.04. The molecule has 0 radical (unpaired) electrons. The summed E-state index contributed by atoms with van der Waals surface area (Å²) in [6.45, 7) is 1.42. The molecule has 4 heterocycles. The fraction of sp³-hybridized carbons (Fsp3) is 0.300. The summed E-state index contributed by atoms with van der Waals surface area (Å²) >= 11 is 0. The monoisotopic (exact) mass is 375 g/mol. The second-order valence-corrected chi connectivity index (χ2v) is 6.99. The van der Waals surface area contributed by atoms with Gasteiger partial charge in [-0.05, 0) is 26.6 Å². The Kier molecular flexibility index (Phi) is 4.67. The molecule has 0 unspecified atom stereocenters. The molecule has 0 bridgehead atoms. The van der Waals surface area contributed by atoms with Crippen LogP contribution >= 0.6 is 0 Å². The van der Waals surface area contributed by atoms with Crippen molar-refractivity contribution in [3.63, 3.8) is 0 Å². The predicted octanol–water partition coefficient (Wildman–Crippen LogP) is 2.71. The van der Waals surface area contributed by atoms with Gasteiger partial charge in [0, 0.05) is 42.5 Å². The lowest BCUT2D eigenvalue weighted by atomic mass is 10.1. The molecule has 0 aliphatic heterocycles. The molecule has 1 N–H and O–H groups in total. The molecule has 0 aliphatic rings. The van der Waals surface area contributed by atoms with Gasteiger partial charge in [0.05, 0.1) is 29.9 Å². The zero-order valence-electron chi connectivity index (χ0n) is 16.1. The number of H-pyrrole nitrogens is 1. The SMILES string of the molecule is CN(C)CCCOc1c(C#N)ncc2[nH]c3ncc(-c4cnn(C)c4)cc3c12. The van der Waals surface area contributed by atoms with E-state index in [0.29, 0.717) is 12.4 Å². The standard InChI is InChI=1S/C20H21N7O/c1-26(2)5-4-6-28-19-16(8-21)22-11-17-18(19)15-7-13(9-23-20(15)25-17)14-10-24-27(3)12-14/h7,9-12H,4-6H2,1-3H3,(H,23,25). The van der Waals surface area contributed by atoms with Crippen LogP contribution in [0.2, 0.25) is 0 Å². The highest BCUT2D eigenvalue weighted by atomic mass is 16.5. The molecule has 8 heteroatoms. The molecule has 4 rings (SSSR count). The fourth-order valence-corrected chi connectivity index (χ4v) is 3.24. The number of nitrogens with zero attached hydrogens (tertiary/aromatic N) is 6. The maximum Gasteiger partial charge on any atom is 0.183 e. The van der Waals surface area contributed by atoms with Crippen molar-refractivity contribution >= 4 is 21.9 Å². The van der Waals surface area contributed by atoms with Crippen molar-refractivity contribution in [3.8, 4) is 22.9 Å². The molecule has 0 amide bonds. The number of pyridine rings is 2. The number of rotatable bonds is 6. The Balaban J connectivity index is 1.82. The lowest BCUT2D eigenvalue weighted by molar-refractivity contribution is 0.283. The summed E-state index contributed by atoms with van der Waals surface area (Å²) in [4.78, 5) is 14.2. The number of aromatic nitrogens is 5. The van der Waals surface area contributed by atoms with Crippen LogP contribution in [-0.2, 0) is 7.05 Å². The van der Waals surface area contributed by atoms with Crippen molar-refractivity contribution in [3.05, 3.63) is 36.5 Å². The third-order valence-corrected chi connectivity index (χ3v) is 4.58. The molecule has 0 aliphatic carbocycles. The van der Waals surface area contributed by atoms with Gasteiger partial charge >= 0.3 is 0 Å². The molecule has 4 aromatic heterocycles. The summed E-state index contributed by atoms with van der Waals surface area (Å²) in [5.41, 5.74) is 3.75. The van der Waals surface area contributed by atoms with Crippen molar-refractivity contribution in [2.45, 2.75) is 6.42 Å². The summed E-state index contributed by atoms with van der Waals surface area (Å²) in [6, 6.07) is 4.19. The van der Waals surface area contributed by atoms with E-state index in [1.165, 1.54) is 0 Å². The Morgan fingerprint density at radius 3 is 2.79 bits per heavy atom. The van der Waals surface area contributed by atoms with Gasteiger partial charge in [0.2, 0.25) is 0 Å². The molecule has 0 fully saturated rings. The third-order valence-electron chi connectivity index (χ3n) is 4.58. The van der Waals surface area contributed by atoms with E-state index in [2.05, 4.69) is 31.0 Å². The minimum Gasteiger partial charge on any atom is -0.490 e. The van der Waals surface area contributed by atoms with E-state index in [1.807, 2.05) is 39.6 Å². The topological polar surface area (TPSA) is 95.7 Å². The van der Waals surface area contributed by atoms with E-state index in [1.54, 1.807) is 17.1 Å². The summed E-state index contributed by atoms with van der Waals surface area (Å²) in [6.07, 6.45) is 8.07. The van der Waals surface area contributed by atoms with Gasteiger partial charge in [0.15, 0.2) is 11.4 Å².